The van der Waals surface area contributed by atoms with Crippen molar-refractivity contribution >= 4 is 28.5 Å². The number of nitrogens with zero attached hydrogens (tertiary/aromatic N) is 3. The van der Waals surface area contributed by atoms with Gasteiger partial charge < -0.3 is 19.0 Å². The van der Waals surface area contributed by atoms with Crippen LogP contribution in [0.1, 0.15) is 22.4 Å². The Morgan fingerprint density at radius 2 is 1.76 bits per heavy atom. The second-order valence-electron chi connectivity index (χ2n) is 9.25. The molecular weight excluding hydrogens is 502 g/mol. The molecule has 0 aliphatic carbocycles. The van der Waals surface area contributed by atoms with E-state index in [2.05, 4.69) is 4.98 Å². The monoisotopic (exact) mass is 527 g/mol. The van der Waals surface area contributed by atoms with E-state index in [1.807, 2.05) is 49.5 Å². The number of carbonyl (C=O) groups is 1. The smallest absolute Gasteiger partial charge is 0.309 e. The van der Waals surface area contributed by atoms with Gasteiger partial charge in [0, 0.05) is 30.6 Å². The SMILES string of the molecule is COC(=O)Cc1cccc(-c2cc(=O)n(C)c3ccc([C@](O)(c4ccc(Cl)cc4)c4cncn4C)cc23)c1. The number of ether oxygens (including phenoxy) is 1. The Labute approximate surface area is 224 Å². The Morgan fingerprint density at radius 1 is 1.03 bits per heavy atom. The number of hydrogen-bond acceptors (Lipinski definition) is 5. The molecule has 0 bridgehead atoms. The molecule has 0 radical (unpaired) electrons. The lowest BCUT2D eigenvalue weighted by molar-refractivity contribution is -0.139. The normalized spacial score (nSPS) is 12.9. The molecule has 5 rings (SSSR count). The number of methoxy groups -OCH3 is 1. The van der Waals surface area contributed by atoms with Gasteiger partial charge in [0.25, 0.3) is 5.56 Å². The van der Waals surface area contributed by atoms with Crippen LogP contribution in [-0.4, -0.2) is 32.3 Å². The molecule has 0 aliphatic heterocycles. The lowest BCUT2D eigenvalue weighted by Gasteiger charge is -2.30. The molecule has 0 saturated carbocycles. The molecule has 0 fully saturated rings. The van der Waals surface area contributed by atoms with Gasteiger partial charge in [-0.15, -0.1) is 0 Å². The summed E-state index contributed by atoms with van der Waals surface area (Å²) in [4.78, 5) is 29.0. The molecule has 0 aliphatic rings. The second kappa shape index (κ2) is 9.93. The van der Waals surface area contributed by atoms with Crippen molar-refractivity contribution in [3.8, 4) is 11.1 Å². The molecule has 5 aromatic rings. The number of pyridine rings is 1. The average molecular weight is 528 g/mol. The third-order valence-corrected chi connectivity index (χ3v) is 7.18. The topological polar surface area (TPSA) is 86.3 Å². The van der Waals surface area contributed by atoms with Gasteiger partial charge in [-0.1, -0.05) is 54.1 Å². The zero-order chi connectivity index (χ0) is 27.0. The van der Waals surface area contributed by atoms with Gasteiger partial charge in [-0.3, -0.25) is 9.59 Å². The van der Waals surface area contributed by atoms with Gasteiger partial charge in [0.15, 0.2) is 5.60 Å². The number of carbonyl (C=O) groups excluding carboxylic acids is 1. The number of aliphatic hydroxyl groups is 1. The second-order valence-corrected chi connectivity index (χ2v) is 9.68. The van der Waals surface area contributed by atoms with Crippen molar-refractivity contribution in [2.45, 2.75) is 12.0 Å². The number of imidazole rings is 1. The number of fused-ring (bicyclic) bond motifs is 1. The maximum absolute atomic E-state index is 12.9. The molecule has 0 saturated heterocycles. The van der Waals surface area contributed by atoms with Gasteiger partial charge in [-0.05, 0) is 52.1 Å². The van der Waals surface area contributed by atoms with Crippen molar-refractivity contribution in [2.24, 2.45) is 14.1 Å². The first-order chi connectivity index (χ1) is 18.2. The predicted molar refractivity (Wildman–Crippen MR) is 147 cm³/mol. The van der Waals surface area contributed by atoms with E-state index in [4.69, 9.17) is 16.3 Å². The molecule has 2 heterocycles. The van der Waals surface area contributed by atoms with Crippen molar-refractivity contribution in [1.29, 1.82) is 0 Å². The van der Waals surface area contributed by atoms with Crippen LogP contribution in [0.15, 0.2) is 90.1 Å². The minimum atomic E-state index is -1.55. The molecule has 7 nitrogen and oxygen atoms in total. The predicted octanol–water partition coefficient (Wildman–Crippen LogP) is 4.59. The van der Waals surface area contributed by atoms with Crippen LogP contribution in [0.4, 0.5) is 0 Å². The van der Waals surface area contributed by atoms with Gasteiger partial charge in [0.1, 0.15) is 0 Å². The van der Waals surface area contributed by atoms with E-state index in [9.17, 15) is 14.7 Å². The average Bonchev–Trinajstić information content (AvgIpc) is 3.36. The maximum atomic E-state index is 12.9. The Kier molecular flexibility index (Phi) is 6.65. The first-order valence-electron chi connectivity index (χ1n) is 12.0. The standard InChI is InChI=1S/C30H26ClN3O4/c1-33-18-32-17-27(33)30(37,21-7-10-23(31)11-8-21)22-9-12-26-25(15-22)24(16-28(35)34(26)2)20-6-4-5-19(13-20)14-29(36)38-3/h4-13,15-18,37H,14H2,1-3H3/t30-/m1/s1. The number of aryl methyl sites for hydroxylation is 2. The van der Waals surface area contributed by atoms with Crippen molar-refractivity contribution in [3.63, 3.8) is 0 Å². The van der Waals surface area contributed by atoms with E-state index < -0.39 is 5.60 Å². The molecule has 0 unspecified atom stereocenters. The van der Waals surface area contributed by atoms with E-state index in [1.165, 1.54) is 7.11 Å². The number of halogens is 1. The molecule has 1 atom stereocenters. The number of rotatable bonds is 6. The number of benzene rings is 3. The number of aromatic nitrogens is 3. The molecule has 38 heavy (non-hydrogen) atoms. The zero-order valence-corrected chi connectivity index (χ0v) is 21.9. The van der Waals surface area contributed by atoms with E-state index >= 15 is 0 Å². The summed E-state index contributed by atoms with van der Waals surface area (Å²) in [5.41, 5.74) is 3.02. The molecule has 192 valence electrons. The van der Waals surface area contributed by atoms with Crippen molar-refractivity contribution in [1.82, 2.24) is 14.1 Å². The lowest BCUT2D eigenvalue weighted by Crippen LogP contribution is -2.31. The van der Waals surface area contributed by atoms with Crippen LogP contribution in [0, 0.1) is 0 Å². The third-order valence-electron chi connectivity index (χ3n) is 6.93. The summed E-state index contributed by atoms with van der Waals surface area (Å²) >= 11 is 6.16. The van der Waals surface area contributed by atoms with E-state index in [0.29, 0.717) is 32.9 Å². The van der Waals surface area contributed by atoms with Gasteiger partial charge in [0.05, 0.1) is 37.3 Å². The molecule has 0 amide bonds. The highest BCUT2D eigenvalue weighted by Gasteiger charge is 2.37. The fraction of sp³-hybridized carbons (Fsp3) is 0.167. The van der Waals surface area contributed by atoms with Crippen molar-refractivity contribution in [3.05, 3.63) is 123 Å². The Morgan fingerprint density at radius 3 is 2.45 bits per heavy atom. The summed E-state index contributed by atoms with van der Waals surface area (Å²) in [6.07, 6.45) is 3.39. The quantitative estimate of drug-likeness (QED) is 0.326. The third kappa shape index (κ3) is 4.40. The molecule has 0 spiro atoms. The lowest BCUT2D eigenvalue weighted by atomic mass is 9.82. The Balaban J connectivity index is 1.77. The highest BCUT2D eigenvalue weighted by Crippen LogP contribution is 2.39. The minimum absolute atomic E-state index is 0.120. The van der Waals surface area contributed by atoms with Crippen LogP contribution in [0.2, 0.25) is 5.02 Å². The first kappa shape index (κ1) is 25.4. The van der Waals surface area contributed by atoms with Crippen molar-refractivity contribution in [2.75, 3.05) is 7.11 Å². The molecule has 3 aromatic carbocycles. The van der Waals surface area contributed by atoms with Gasteiger partial charge in [0.2, 0.25) is 0 Å². The fourth-order valence-electron chi connectivity index (χ4n) is 4.87. The van der Waals surface area contributed by atoms with Crippen LogP contribution in [0.25, 0.3) is 22.0 Å². The maximum Gasteiger partial charge on any atom is 0.309 e. The van der Waals surface area contributed by atoms with Crippen LogP contribution in [0.5, 0.6) is 0 Å². The largest absolute Gasteiger partial charge is 0.469 e. The summed E-state index contributed by atoms with van der Waals surface area (Å²) in [5.74, 6) is -0.345. The summed E-state index contributed by atoms with van der Waals surface area (Å²) in [6.45, 7) is 0. The number of hydrogen-bond donors (Lipinski definition) is 1. The molecule has 2 aromatic heterocycles. The van der Waals surface area contributed by atoms with Crippen molar-refractivity contribution < 1.29 is 14.6 Å². The van der Waals surface area contributed by atoms with E-state index in [0.717, 1.165) is 16.5 Å². The molecule has 1 N–H and O–H groups in total. The van der Waals surface area contributed by atoms with E-state index in [-0.39, 0.29) is 17.9 Å². The molecule has 8 heteroatoms. The van der Waals surface area contributed by atoms with Crippen LogP contribution >= 0.6 is 11.6 Å². The van der Waals surface area contributed by atoms with E-state index in [1.54, 1.807) is 59.0 Å². The zero-order valence-electron chi connectivity index (χ0n) is 21.2. The van der Waals surface area contributed by atoms with Crippen LogP contribution in [-0.2, 0) is 35.6 Å². The van der Waals surface area contributed by atoms with Crippen LogP contribution < -0.4 is 5.56 Å². The summed E-state index contributed by atoms with van der Waals surface area (Å²) in [5, 5.41) is 13.7. The van der Waals surface area contributed by atoms with Crippen LogP contribution in [0.3, 0.4) is 0 Å². The van der Waals surface area contributed by atoms with Gasteiger partial charge >= 0.3 is 5.97 Å². The highest BCUT2D eigenvalue weighted by molar-refractivity contribution is 6.30. The summed E-state index contributed by atoms with van der Waals surface area (Å²) in [6, 6.07) is 21.7. The minimum Gasteiger partial charge on any atom is -0.469 e. The Bertz CT molecular complexity index is 1720. The van der Waals surface area contributed by atoms with Gasteiger partial charge in [-0.25, -0.2) is 4.98 Å². The highest BCUT2D eigenvalue weighted by atomic mass is 35.5. The summed E-state index contributed by atoms with van der Waals surface area (Å²) in [7, 11) is 4.90. The summed E-state index contributed by atoms with van der Waals surface area (Å²) < 4.78 is 8.17. The molecular formula is C30H26ClN3O4. The fourth-order valence-corrected chi connectivity index (χ4v) is 5.00. The van der Waals surface area contributed by atoms with Gasteiger partial charge in [-0.2, -0.15) is 0 Å². The number of esters is 1. The Hall–Kier alpha value is -4.20. The first-order valence-corrected chi connectivity index (χ1v) is 12.4.